The van der Waals surface area contributed by atoms with Gasteiger partial charge < -0.3 is 20.8 Å². The number of carbonyl (C=O) groups is 4. The molecule has 2 amide bonds. The zero-order valence-corrected chi connectivity index (χ0v) is 22.8. The van der Waals surface area contributed by atoms with Gasteiger partial charge in [-0.1, -0.05) is 36.4 Å². The summed E-state index contributed by atoms with van der Waals surface area (Å²) in [4.78, 5) is 60.4. The molecule has 0 radical (unpaired) electrons. The van der Waals surface area contributed by atoms with Crippen molar-refractivity contribution in [2.24, 2.45) is 0 Å². The van der Waals surface area contributed by atoms with Gasteiger partial charge in [-0.15, -0.1) is 11.8 Å². The maximum atomic E-state index is 13.4. The summed E-state index contributed by atoms with van der Waals surface area (Å²) in [5.41, 5.74) is 0.968. The van der Waals surface area contributed by atoms with E-state index in [1.807, 2.05) is 6.07 Å². The molecule has 1 atom stereocenters. The van der Waals surface area contributed by atoms with E-state index in [9.17, 15) is 34.4 Å². The quantitative estimate of drug-likeness (QED) is 0.0984. The van der Waals surface area contributed by atoms with Crippen molar-refractivity contribution in [3.8, 4) is 0 Å². The van der Waals surface area contributed by atoms with Crippen LogP contribution < -0.4 is 10.6 Å². The Morgan fingerprint density at radius 1 is 0.810 bits per heavy atom. The Morgan fingerprint density at radius 2 is 1.50 bits per heavy atom. The lowest BCUT2D eigenvalue weighted by Gasteiger charge is -2.18. The van der Waals surface area contributed by atoms with E-state index in [1.54, 1.807) is 61.5 Å². The van der Waals surface area contributed by atoms with Crippen molar-refractivity contribution in [3.05, 3.63) is 129 Å². The minimum absolute atomic E-state index is 0.147. The van der Waals surface area contributed by atoms with Gasteiger partial charge in [0.15, 0.2) is 0 Å². The highest BCUT2D eigenvalue weighted by molar-refractivity contribution is 8.00. The van der Waals surface area contributed by atoms with Crippen LogP contribution in [0.4, 0.5) is 17.1 Å². The van der Waals surface area contributed by atoms with Crippen molar-refractivity contribution in [1.29, 1.82) is 0 Å². The average molecular weight is 586 g/mol. The Hall–Kier alpha value is -5.49. The predicted octanol–water partition coefficient (Wildman–Crippen LogP) is 6.02. The number of nitrogens with zero attached hydrogens (tertiary/aromatic N) is 1. The smallest absolute Gasteiger partial charge is 0.336 e. The number of amides is 2. The number of carbonyl (C=O) groups excluding carboxylic acids is 2. The molecule has 0 aliphatic rings. The lowest BCUT2D eigenvalue weighted by Crippen LogP contribution is -2.19. The molecule has 0 bridgehead atoms. The van der Waals surface area contributed by atoms with Gasteiger partial charge in [-0.3, -0.25) is 19.7 Å². The molecule has 4 aromatic rings. The Bertz CT molecular complexity index is 1690. The van der Waals surface area contributed by atoms with E-state index in [0.29, 0.717) is 27.4 Å². The predicted molar refractivity (Wildman–Crippen MR) is 156 cm³/mol. The van der Waals surface area contributed by atoms with Crippen LogP contribution in [0.1, 0.15) is 47.5 Å². The first-order valence-corrected chi connectivity index (χ1v) is 13.2. The average Bonchev–Trinajstić information content (AvgIpc) is 2.97. The molecular formula is C30H23N3O8S. The molecular weight excluding hydrogens is 562 g/mol. The Morgan fingerprint density at radius 3 is 2.12 bits per heavy atom. The van der Waals surface area contributed by atoms with Crippen LogP contribution in [-0.4, -0.2) is 38.9 Å². The number of aromatic carboxylic acids is 2. The lowest BCUT2D eigenvalue weighted by atomic mass is 10.0. The second-order valence-corrected chi connectivity index (χ2v) is 10.2. The summed E-state index contributed by atoms with van der Waals surface area (Å²) in [6, 6.07) is 22.9. The maximum absolute atomic E-state index is 13.4. The number of non-ortho nitro benzene ring substituents is 1. The first kappa shape index (κ1) is 29.5. The van der Waals surface area contributed by atoms with Crippen LogP contribution in [0.25, 0.3) is 0 Å². The zero-order chi connectivity index (χ0) is 30.4. The van der Waals surface area contributed by atoms with Crippen LogP contribution in [-0.2, 0) is 4.79 Å². The third-order valence-electron chi connectivity index (χ3n) is 6.14. The standard InChI is InChI=1S/C30H23N3O8S/c1-17-7-11-21(33(40)41)16-25(17)32-28(35)26(18-5-3-2-4-6-18)42-22-12-9-20(10-13-22)31-27(34)23-14-8-19(29(36)37)15-24(23)30(38)39/h2-16,26H,1H3,(H,31,34)(H,32,35)(H,36,37)(H,38,39). The highest BCUT2D eigenvalue weighted by atomic mass is 32.2. The summed E-state index contributed by atoms with van der Waals surface area (Å²) in [6.07, 6.45) is 0. The molecule has 12 heteroatoms. The van der Waals surface area contributed by atoms with E-state index < -0.39 is 39.5 Å². The number of rotatable bonds is 10. The first-order chi connectivity index (χ1) is 20.0. The van der Waals surface area contributed by atoms with Gasteiger partial charge in [-0.2, -0.15) is 0 Å². The molecule has 0 saturated heterocycles. The normalized spacial score (nSPS) is 11.3. The Labute approximate surface area is 243 Å². The van der Waals surface area contributed by atoms with E-state index in [1.165, 1.54) is 23.9 Å². The third kappa shape index (κ3) is 6.98. The summed E-state index contributed by atoms with van der Waals surface area (Å²) < 4.78 is 0. The fourth-order valence-corrected chi connectivity index (χ4v) is 4.99. The number of aryl methyl sites for hydroxylation is 1. The summed E-state index contributed by atoms with van der Waals surface area (Å²) in [7, 11) is 0. The number of anilines is 2. The van der Waals surface area contributed by atoms with Gasteiger partial charge in [0.25, 0.3) is 11.6 Å². The molecule has 4 rings (SSSR count). The summed E-state index contributed by atoms with van der Waals surface area (Å²) >= 11 is 1.23. The van der Waals surface area contributed by atoms with Crippen molar-refractivity contribution in [2.75, 3.05) is 10.6 Å². The molecule has 42 heavy (non-hydrogen) atoms. The van der Waals surface area contributed by atoms with Crippen molar-refractivity contribution in [1.82, 2.24) is 0 Å². The zero-order valence-electron chi connectivity index (χ0n) is 21.9. The van der Waals surface area contributed by atoms with Gasteiger partial charge in [-0.25, -0.2) is 9.59 Å². The maximum Gasteiger partial charge on any atom is 0.336 e. The van der Waals surface area contributed by atoms with E-state index in [4.69, 9.17) is 5.11 Å². The van der Waals surface area contributed by atoms with E-state index in [-0.39, 0.29) is 16.8 Å². The molecule has 0 aliphatic carbocycles. The molecule has 0 aromatic heterocycles. The number of nitro groups is 1. The number of nitrogens with one attached hydrogen (secondary N) is 2. The van der Waals surface area contributed by atoms with E-state index in [2.05, 4.69) is 10.6 Å². The number of carboxylic acid groups (broad SMARTS) is 2. The van der Waals surface area contributed by atoms with Crippen molar-refractivity contribution in [2.45, 2.75) is 17.1 Å². The molecule has 212 valence electrons. The molecule has 4 N–H and O–H groups in total. The van der Waals surface area contributed by atoms with Gasteiger partial charge in [0.1, 0.15) is 5.25 Å². The second-order valence-electron chi connectivity index (χ2n) is 9.00. The van der Waals surface area contributed by atoms with Crippen molar-refractivity contribution < 1.29 is 34.3 Å². The molecule has 0 spiro atoms. The minimum atomic E-state index is -1.44. The molecule has 4 aromatic carbocycles. The highest BCUT2D eigenvalue weighted by Crippen LogP contribution is 2.37. The number of nitro benzene ring substituents is 1. The fraction of sp³-hybridized carbons (Fsp3) is 0.0667. The van der Waals surface area contributed by atoms with Crippen LogP contribution in [0.5, 0.6) is 0 Å². The minimum Gasteiger partial charge on any atom is -0.478 e. The van der Waals surface area contributed by atoms with Gasteiger partial charge in [-0.05, 0) is 60.5 Å². The SMILES string of the molecule is Cc1ccc([N+](=O)[O-])cc1NC(=O)C(Sc1ccc(NC(=O)c2ccc(C(=O)O)cc2C(=O)O)cc1)c1ccccc1. The fourth-order valence-electron chi connectivity index (χ4n) is 3.96. The van der Waals surface area contributed by atoms with Crippen LogP contribution in [0.15, 0.2) is 95.9 Å². The largest absolute Gasteiger partial charge is 0.478 e. The van der Waals surface area contributed by atoms with Gasteiger partial charge in [0.05, 0.1) is 27.3 Å². The number of hydrogen-bond donors (Lipinski definition) is 4. The lowest BCUT2D eigenvalue weighted by molar-refractivity contribution is -0.384. The Kier molecular flexibility index (Phi) is 8.98. The second kappa shape index (κ2) is 12.8. The monoisotopic (exact) mass is 585 g/mol. The van der Waals surface area contributed by atoms with Gasteiger partial charge in [0.2, 0.25) is 5.91 Å². The van der Waals surface area contributed by atoms with E-state index in [0.717, 1.165) is 18.2 Å². The number of thioether (sulfide) groups is 1. The van der Waals surface area contributed by atoms with Gasteiger partial charge >= 0.3 is 11.9 Å². The molecule has 0 saturated carbocycles. The highest BCUT2D eigenvalue weighted by Gasteiger charge is 2.24. The molecule has 0 heterocycles. The topological polar surface area (TPSA) is 176 Å². The molecule has 11 nitrogen and oxygen atoms in total. The Balaban J connectivity index is 1.53. The van der Waals surface area contributed by atoms with Crippen molar-refractivity contribution in [3.63, 3.8) is 0 Å². The third-order valence-corrected chi connectivity index (χ3v) is 7.40. The molecule has 1 unspecified atom stereocenters. The van der Waals surface area contributed by atoms with Gasteiger partial charge in [0, 0.05) is 22.7 Å². The van der Waals surface area contributed by atoms with Crippen LogP contribution in [0, 0.1) is 17.0 Å². The van der Waals surface area contributed by atoms with Crippen LogP contribution in [0.3, 0.4) is 0 Å². The summed E-state index contributed by atoms with van der Waals surface area (Å²) in [6.45, 7) is 1.73. The number of benzene rings is 4. The molecule has 0 aliphatic heterocycles. The number of hydrogen-bond acceptors (Lipinski definition) is 7. The molecule has 0 fully saturated rings. The van der Waals surface area contributed by atoms with E-state index >= 15 is 0 Å². The van der Waals surface area contributed by atoms with Crippen LogP contribution >= 0.6 is 11.8 Å². The summed E-state index contributed by atoms with van der Waals surface area (Å²) in [5.74, 6) is -3.89. The first-order valence-electron chi connectivity index (χ1n) is 12.3. The summed E-state index contributed by atoms with van der Waals surface area (Å²) in [5, 5.41) is 34.5. The number of carboxylic acids is 2. The van der Waals surface area contributed by atoms with Crippen LogP contribution in [0.2, 0.25) is 0 Å². The van der Waals surface area contributed by atoms with Crippen molar-refractivity contribution >= 4 is 52.6 Å².